The maximum Gasteiger partial charge on any atom is 0.234 e. The number of halogens is 2. The van der Waals surface area contributed by atoms with E-state index in [9.17, 15) is 0 Å². The number of morpholine rings is 1. The second-order valence-electron chi connectivity index (χ2n) is 8.96. The van der Waals surface area contributed by atoms with Gasteiger partial charge in [0.15, 0.2) is 0 Å². The molecular weight excluding hydrogens is 555 g/mol. The smallest absolute Gasteiger partial charge is 0.234 e. The zero-order valence-electron chi connectivity index (χ0n) is 22.1. The zero-order chi connectivity index (χ0) is 27.9. The normalized spacial score (nSPS) is 13.7. The first-order valence-corrected chi connectivity index (χ1v) is 13.4. The molecule has 3 N–H and O–H groups in total. The molecule has 1 aliphatic heterocycles. The second kappa shape index (κ2) is 13.2. The Balaban J connectivity index is 1.33. The summed E-state index contributed by atoms with van der Waals surface area (Å²) in [6.07, 6.45) is 7.43. The number of quaternary nitrogens is 1. The molecule has 0 unspecified atom stereocenters. The van der Waals surface area contributed by atoms with E-state index in [1.165, 1.54) is 32.4 Å². The Kier molecular flexibility index (Phi) is 9.19. The number of nitrogens with zero attached hydrogens (tertiary/aromatic N) is 6. The highest BCUT2D eigenvalue weighted by Gasteiger charge is 2.20. The summed E-state index contributed by atoms with van der Waals surface area (Å²) in [5.74, 6) is 2.73. The maximum atomic E-state index is 6.56. The SMILES string of the molecule is COc1cc(OC)c(Cl)c(Nc2ncncc2-c2cc([NH2+]c3ccc(CCN4CCOCC4)cn3)ncn2)c1Cl. The highest BCUT2D eigenvalue weighted by atomic mass is 35.5. The molecule has 1 fully saturated rings. The van der Waals surface area contributed by atoms with Crippen LogP contribution in [0, 0.1) is 0 Å². The molecule has 1 aromatic carbocycles. The van der Waals surface area contributed by atoms with Crippen molar-refractivity contribution in [2.75, 3.05) is 52.4 Å². The first kappa shape index (κ1) is 27.9. The number of nitrogens with one attached hydrogen (secondary N) is 1. The van der Waals surface area contributed by atoms with E-state index in [0.29, 0.717) is 40.1 Å². The van der Waals surface area contributed by atoms with Gasteiger partial charge in [-0.3, -0.25) is 4.90 Å². The lowest BCUT2D eigenvalue weighted by atomic mass is 10.2. The number of benzene rings is 1. The minimum Gasteiger partial charge on any atom is -0.495 e. The van der Waals surface area contributed by atoms with Crippen molar-refractivity contribution in [1.82, 2.24) is 29.8 Å². The van der Waals surface area contributed by atoms with Crippen LogP contribution in [0.2, 0.25) is 10.0 Å². The fourth-order valence-electron chi connectivity index (χ4n) is 4.26. The molecular formula is C27H29Cl2N8O3+. The van der Waals surface area contributed by atoms with Crippen molar-refractivity contribution in [1.29, 1.82) is 0 Å². The maximum absolute atomic E-state index is 6.56. The van der Waals surface area contributed by atoms with E-state index < -0.39 is 0 Å². The fraction of sp³-hybridized carbons (Fsp3) is 0.296. The van der Waals surface area contributed by atoms with Crippen LogP contribution in [0.25, 0.3) is 11.3 Å². The lowest BCUT2D eigenvalue weighted by Crippen LogP contribution is -2.72. The van der Waals surface area contributed by atoms with Crippen molar-refractivity contribution in [3.05, 3.63) is 64.9 Å². The summed E-state index contributed by atoms with van der Waals surface area (Å²) < 4.78 is 16.2. The first-order valence-electron chi connectivity index (χ1n) is 12.6. The predicted molar refractivity (Wildman–Crippen MR) is 152 cm³/mol. The van der Waals surface area contributed by atoms with Crippen molar-refractivity contribution in [3.63, 3.8) is 0 Å². The Labute approximate surface area is 241 Å². The number of nitrogens with two attached hydrogens (primary N) is 1. The summed E-state index contributed by atoms with van der Waals surface area (Å²) in [6.45, 7) is 4.56. The highest BCUT2D eigenvalue weighted by molar-refractivity contribution is 6.41. The molecule has 0 spiro atoms. The van der Waals surface area contributed by atoms with Crippen LogP contribution < -0.4 is 20.1 Å². The van der Waals surface area contributed by atoms with Crippen molar-refractivity contribution in [2.24, 2.45) is 0 Å². The van der Waals surface area contributed by atoms with Gasteiger partial charge in [0.1, 0.15) is 40.0 Å². The molecule has 13 heteroatoms. The number of hydrogen-bond acceptors (Lipinski definition) is 10. The number of pyridine rings is 1. The molecule has 4 heterocycles. The minimum absolute atomic E-state index is 0.286. The van der Waals surface area contributed by atoms with E-state index >= 15 is 0 Å². The van der Waals surface area contributed by atoms with Gasteiger partial charge in [-0.2, -0.15) is 4.98 Å². The lowest BCUT2D eigenvalue weighted by molar-refractivity contribution is -0.487. The van der Waals surface area contributed by atoms with Gasteiger partial charge in [0.2, 0.25) is 11.6 Å². The van der Waals surface area contributed by atoms with Gasteiger partial charge in [-0.15, -0.1) is 0 Å². The number of ether oxygens (including phenoxy) is 3. The van der Waals surface area contributed by atoms with Gasteiger partial charge in [-0.05, 0) is 18.1 Å². The Morgan fingerprint density at radius 3 is 2.40 bits per heavy atom. The molecule has 11 nitrogen and oxygen atoms in total. The molecule has 0 bridgehead atoms. The summed E-state index contributed by atoms with van der Waals surface area (Å²) >= 11 is 13.1. The van der Waals surface area contributed by atoms with Crippen molar-refractivity contribution >= 4 is 46.3 Å². The third-order valence-electron chi connectivity index (χ3n) is 6.46. The van der Waals surface area contributed by atoms with E-state index in [0.717, 1.165) is 45.1 Å². The van der Waals surface area contributed by atoms with Crippen molar-refractivity contribution < 1.29 is 19.5 Å². The Morgan fingerprint density at radius 1 is 0.925 bits per heavy atom. The monoisotopic (exact) mass is 583 g/mol. The quantitative estimate of drug-likeness (QED) is 0.285. The average Bonchev–Trinajstić information content (AvgIpc) is 3.00. The number of rotatable bonds is 10. The summed E-state index contributed by atoms with van der Waals surface area (Å²) in [5, 5.41) is 5.67. The number of anilines is 2. The van der Waals surface area contributed by atoms with Crippen molar-refractivity contribution in [3.8, 4) is 22.8 Å². The summed E-state index contributed by atoms with van der Waals surface area (Å²) in [5.41, 5.74) is 2.81. The topological polar surface area (TPSA) is 124 Å². The lowest BCUT2D eigenvalue weighted by Gasteiger charge is -2.26. The molecule has 0 atom stereocenters. The molecule has 0 radical (unpaired) electrons. The molecule has 4 aromatic rings. The van der Waals surface area contributed by atoms with Crippen LogP contribution in [0.1, 0.15) is 5.56 Å². The van der Waals surface area contributed by atoms with Gasteiger partial charge in [-0.1, -0.05) is 23.2 Å². The van der Waals surface area contributed by atoms with Gasteiger partial charge >= 0.3 is 0 Å². The number of hydrogen-bond donors (Lipinski definition) is 2. The Bertz CT molecular complexity index is 1420. The molecule has 1 saturated heterocycles. The molecule has 3 aromatic heterocycles. The molecule has 40 heavy (non-hydrogen) atoms. The highest BCUT2D eigenvalue weighted by Crippen LogP contribution is 2.45. The van der Waals surface area contributed by atoms with E-state index in [2.05, 4.69) is 41.2 Å². The van der Waals surface area contributed by atoms with E-state index in [1.807, 2.05) is 23.6 Å². The van der Waals surface area contributed by atoms with Crippen LogP contribution in [-0.4, -0.2) is 76.9 Å². The van der Waals surface area contributed by atoms with Crippen LogP contribution in [-0.2, 0) is 11.2 Å². The molecule has 1 aliphatic rings. The number of aromatic nitrogens is 5. The van der Waals surface area contributed by atoms with E-state index in [4.69, 9.17) is 37.4 Å². The zero-order valence-corrected chi connectivity index (χ0v) is 23.6. The average molecular weight is 584 g/mol. The van der Waals surface area contributed by atoms with Gasteiger partial charge in [-0.25, -0.2) is 25.3 Å². The molecule has 0 saturated carbocycles. The van der Waals surface area contributed by atoms with Gasteiger partial charge in [0.05, 0.1) is 44.4 Å². The molecule has 5 rings (SSSR count). The van der Waals surface area contributed by atoms with Crippen LogP contribution in [0.3, 0.4) is 0 Å². The summed E-state index contributed by atoms with van der Waals surface area (Å²) in [4.78, 5) is 24.5. The van der Waals surface area contributed by atoms with Crippen molar-refractivity contribution in [2.45, 2.75) is 6.42 Å². The van der Waals surface area contributed by atoms with Crippen LogP contribution in [0.15, 0.2) is 49.3 Å². The summed E-state index contributed by atoms with van der Waals surface area (Å²) in [7, 11) is 3.03. The standard InChI is InChI=1S/C27H28Cl2N8O3/c1-38-20-12-21(39-2)25(29)26(24(20)28)36-27-18(14-30-15-34-27)19-11-23(33-16-32-19)35-22-4-3-17(13-31-22)5-6-37-7-9-40-10-8-37/h3-4,11-16H,5-10H2,1-2H3,(H,30,34,36)(H,31,32,33,35)/p+1. The van der Waals surface area contributed by atoms with Crippen LogP contribution in [0.4, 0.5) is 23.1 Å². The third-order valence-corrected chi connectivity index (χ3v) is 7.21. The Hall–Kier alpha value is -3.61. The fourth-order valence-corrected chi connectivity index (χ4v) is 4.86. The Morgan fingerprint density at radius 2 is 1.70 bits per heavy atom. The third kappa shape index (κ3) is 6.57. The predicted octanol–water partition coefficient (Wildman–Crippen LogP) is 3.80. The van der Waals surface area contributed by atoms with Gasteiger partial charge in [0.25, 0.3) is 0 Å². The largest absolute Gasteiger partial charge is 0.495 e. The number of methoxy groups -OCH3 is 2. The van der Waals surface area contributed by atoms with Crippen LogP contribution >= 0.6 is 23.2 Å². The molecule has 0 aliphatic carbocycles. The molecule has 0 amide bonds. The van der Waals surface area contributed by atoms with E-state index in [-0.39, 0.29) is 10.0 Å². The van der Waals surface area contributed by atoms with Crippen LogP contribution in [0.5, 0.6) is 11.5 Å². The van der Waals surface area contributed by atoms with Gasteiger partial charge in [0, 0.05) is 50.2 Å². The molecule has 208 valence electrons. The minimum atomic E-state index is 0.286. The van der Waals surface area contributed by atoms with E-state index in [1.54, 1.807) is 12.3 Å². The van der Waals surface area contributed by atoms with Gasteiger partial charge < -0.3 is 19.5 Å². The first-order chi connectivity index (χ1) is 19.6. The summed E-state index contributed by atoms with van der Waals surface area (Å²) in [6, 6.07) is 7.56. The second-order valence-corrected chi connectivity index (χ2v) is 9.72.